The highest BCUT2D eigenvalue weighted by Crippen LogP contribution is 2.61. The summed E-state index contributed by atoms with van der Waals surface area (Å²) in [4.78, 5) is 11.9. The van der Waals surface area contributed by atoms with Crippen molar-refractivity contribution in [2.75, 3.05) is 5.75 Å². The molecule has 0 N–H and O–H groups in total. The first-order chi connectivity index (χ1) is 7.69. The molecule has 4 aliphatic rings. The van der Waals surface area contributed by atoms with E-state index in [4.69, 9.17) is 0 Å². The van der Waals surface area contributed by atoms with E-state index in [2.05, 4.69) is 6.92 Å². The number of carbonyl (C=O) groups excluding carboxylic acids is 1. The Hall–Kier alpha value is 0.0200. The zero-order chi connectivity index (χ0) is 11.2. The van der Waals surface area contributed by atoms with Crippen molar-refractivity contribution >= 4 is 16.9 Å². The van der Waals surface area contributed by atoms with Gasteiger partial charge >= 0.3 is 0 Å². The molecule has 0 aromatic heterocycles. The fraction of sp³-hybridized carbons (Fsp3) is 0.929. The lowest BCUT2D eigenvalue weighted by Gasteiger charge is -2.56. The molecule has 0 amide bonds. The number of carbonyl (C=O) groups is 1. The number of rotatable bonds is 3. The molecule has 1 nitrogen and oxygen atoms in total. The van der Waals surface area contributed by atoms with Gasteiger partial charge in [0.05, 0.1) is 0 Å². The van der Waals surface area contributed by atoms with Crippen molar-refractivity contribution in [1.29, 1.82) is 0 Å². The third-order valence-corrected chi connectivity index (χ3v) is 5.74. The third kappa shape index (κ3) is 1.94. The van der Waals surface area contributed by atoms with Gasteiger partial charge in [-0.15, -0.1) is 0 Å². The Morgan fingerprint density at radius 3 is 2.06 bits per heavy atom. The normalized spacial score (nSPS) is 44.9. The van der Waals surface area contributed by atoms with E-state index in [1.165, 1.54) is 38.5 Å². The first-order valence-corrected chi connectivity index (χ1v) is 7.83. The number of hydrogen-bond donors (Lipinski definition) is 0. The molecule has 0 aromatic rings. The van der Waals surface area contributed by atoms with Crippen LogP contribution in [0, 0.1) is 23.2 Å². The standard InChI is InChI=1S/C14H22OS/c1-2-16-13(15)9-14-6-10-3-11(7-14)5-12(4-10)8-14/h10-12H,2-9H2,1H3. The summed E-state index contributed by atoms with van der Waals surface area (Å²) in [5, 5.41) is 0.462. The molecule has 90 valence electrons. The summed E-state index contributed by atoms with van der Waals surface area (Å²) in [5.41, 5.74) is 0.452. The molecule has 0 aliphatic heterocycles. The van der Waals surface area contributed by atoms with Crippen molar-refractivity contribution in [2.24, 2.45) is 23.2 Å². The maximum Gasteiger partial charge on any atom is 0.189 e. The Bertz CT molecular complexity index is 262. The first kappa shape index (κ1) is 11.1. The minimum Gasteiger partial charge on any atom is -0.287 e. The average Bonchev–Trinajstić information content (AvgIpc) is 2.13. The summed E-state index contributed by atoms with van der Waals surface area (Å²) in [6, 6.07) is 0. The monoisotopic (exact) mass is 238 g/mol. The van der Waals surface area contributed by atoms with Gasteiger partial charge in [0.15, 0.2) is 5.12 Å². The lowest BCUT2D eigenvalue weighted by Crippen LogP contribution is -2.46. The van der Waals surface area contributed by atoms with Gasteiger partial charge in [0, 0.05) is 6.42 Å². The molecular weight excluding hydrogens is 216 g/mol. The summed E-state index contributed by atoms with van der Waals surface area (Å²) in [5.74, 6) is 3.88. The molecule has 4 fully saturated rings. The summed E-state index contributed by atoms with van der Waals surface area (Å²) in [6.45, 7) is 2.09. The van der Waals surface area contributed by atoms with Gasteiger partial charge in [-0.3, -0.25) is 4.79 Å². The van der Waals surface area contributed by atoms with Crippen LogP contribution in [0.1, 0.15) is 51.9 Å². The van der Waals surface area contributed by atoms with Gasteiger partial charge in [-0.25, -0.2) is 0 Å². The molecule has 0 radical (unpaired) electrons. The molecule has 4 saturated carbocycles. The number of hydrogen-bond acceptors (Lipinski definition) is 2. The van der Waals surface area contributed by atoms with Crippen LogP contribution in [0.25, 0.3) is 0 Å². The maximum absolute atomic E-state index is 11.9. The van der Waals surface area contributed by atoms with Crippen LogP contribution in [0.5, 0.6) is 0 Å². The average molecular weight is 238 g/mol. The zero-order valence-corrected chi connectivity index (χ0v) is 11.0. The van der Waals surface area contributed by atoms with E-state index in [0.29, 0.717) is 10.5 Å². The Kier molecular flexibility index (Phi) is 2.81. The predicted molar refractivity (Wildman–Crippen MR) is 68.4 cm³/mol. The van der Waals surface area contributed by atoms with E-state index in [1.54, 1.807) is 11.8 Å². The molecule has 0 atom stereocenters. The summed E-state index contributed by atoms with van der Waals surface area (Å²) in [7, 11) is 0. The molecule has 4 bridgehead atoms. The topological polar surface area (TPSA) is 17.1 Å². The predicted octanol–water partition coefficient (Wildman–Crippen LogP) is 3.87. The van der Waals surface area contributed by atoms with Crippen LogP contribution in [0.15, 0.2) is 0 Å². The quantitative estimate of drug-likeness (QED) is 0.742. The van der Waals surface area contributed by atoms with E-state index < -0.39 is 0 Å². The Labute approximate surface area is 103 Å². The van der Waals surface area contributed by atoms with Gasteiger partial charge in [0.2, 0.25) is 0 Å². The van der Waals surface area contributed by atoms with E-state index in [9.17, 15) is 4.79 Å². The molecule has 16 heavy (non-hydrogen) atoms. The van der Waals surface area contributed by atoms with Gasteiger partial charge in [-0.1, -0.05) is 18.7 Å². The van der Waals surface area contributed by atoms with Crippen molar-refractivity contribution < 1.29 is 4.79 Å². The van der Waals surface area contributed by atoms with Gasteiger partial charge in [0.25, 0.3) is 0 Å². The van der Waals surface area contributed by atoms with Crippen LogP contribution in [0.3, 0.4) is 0 Å². The maximum atomic E-state index is 11.9. The highest BCUT2D eigenvalue weighted by atomic mass is 32.2. The van der Waals surface area contributed by atoms with Crippen molar-refractivity contribution in [3.63, 3.8) is 0 Å². The van der Waals surface area contributed by atoms with E-state index in [1.807, 2.05) is 0 Å². The lowest BCUT2D eigenvalue weighted by atomic mass is 9.49. The Balaban J connectivity index is 1.71. The second-order valence-electron chi connectivity index (χ2n) is 6.40. The summed E-state index contributed by atoms with van der Waals surface area (Å²) in [6.07, 6.45) is 9.44. The zero-order valence-electron chi connectivity index (χ0n) is 10.2. The highest BCUT2D eigenvalue weighted by molar-refractivity contribution is 8.13. The molecule has 0 aromatic carbocycles. The van der Waals surface area contributed by atoms with Crippen LogP contribution in [0.4, 0.5) is 0 Å². The van der Waals surface area contributed by atoms with Crippen LogP contribution in [-0.2, 0) is 4.79 Å². The number of thioether (sulfide) groups is 1. The molecular formula is C14H22OS. The molecule has 0 unspecified atom stereocenters. The van der Waals surface area contributed by atoms with Crippen molar-refractivity contribution in [2.45, 2.75) is 51.9 Å². The highest BCUT2D eigenvalue weighted by Gasteiger charge is 2.51. The van der Waals surface area contributed by atoms with Gasteiger partial charge in [0.1, 0.15) is 0 Å². The molecule has 4 rings (SSSR count). The summed E-state index contributed by atoms with van der Waals surface area (Å²) >= 11 is 1.54. The van der Waals surface area contributed by atoms with Crippen LogP contribution < -0.4 is 0 Å². The third-order valence-electron chi connectivity index (χ3n) is 4.99. The first-order valence-electron chi connectivity index (χ1n) is 6.85. The molecule has 0 heterocycles. The largest absolute Gasteiger partial charge is 0.287 e. The fourth-order valence-electron chi connectivity index (χ4n) is 5.02. The molecule has 2 heteroatoms. The summed E-state index contributed by atoms with van der Waals surface area (Å²) < 4.78 is 0. The van der Waals surface area contributed by atoms with E-state index in [0.717, 1.165) is 29.9 Å². The van der Waals surface area contributed by atoms with Crippen molar-refractivity contribution in [3.05, 3.63) is 0 Å². The Morgan fingerprint density at radius 1 is 1.12 bits per heavy atom. The SMILES string of the molecule is CCSC(=O)CC12CC3CC(CC(C3)C1)C2. The van der Waals surface area contributed by atoms with Gasteiger partial charge < -0.3 is 0 Å². The van der Waals surface area contributed by atoms with Crippen molar-refractivity contribution in [1.82, 2.24) is 0 Å². The second-order valence-corrected chi connectivity index (χ2v) is 7.72. The van der Waals surface area contributed by atoms with Crippen LogP contribution >= 0.6 is 11.8 Å². The molecule has 0 saturated heterocycles. The van der Waals surface area contributed by atoms with Gasteiger partial charge in [-0.05, 0) is 67.4 Å². The molecule has 0 spiro atoms. The smallest absolute Gasteiger partial charge is 0.189 e. The van der Waals surface area contributed by atoms with E-state index in [-0.39, 0.29) is 0 Å². The van der Waals surface area contributed by atoms with Crippen molar-refractivity contribution in [3.8, 4) is 0 Å². The second kappa shape index (κ2) is 4.04. The van der Waals surface area contributed by atoms with Crippen LogP contribution in [-0.4, -0.2) is 10.9 Å². The van der Waals surface area contributed by atoms with E-state index >= 15 is 0 Å². The minimum atomic E-state index is 0.452. The van der Waals surface area contributed by atoms with Crippen LogP contribution in [0.2, 0.25) is 0 Å². The van der Waals surface area contributed by atoms with Gasteiger partial charge in [-0.2, -0.15) is 0 Å². The Morgan fingerprint density at radius 2 is 1.62 bits per heavy atom. The fourth-order valence-corrected chi connectivity index (χ4v) is 5.75. The lowest BCUT2D eigenvalue weighted by molar-refractivity contribution is -0.119. The minimum absolute atomic E-state index is 0.452. The molecule has 4 aliphatic carbocycles.